The van der Waals surface area contributed by atoms with E-state index >= 15 is 0 Å². The average molecular weight is 425 g/mol. The molecule has 1 heterocycles. The van der Waals surface area contributed by atoms with E-state index in [-0.39, 0.29) is 18.4 Å². The van der Waals surface area contributed by atoms with Crippen molar-refractivity contribution >= 4 is 35.0 Å². The summed E-state index contributed by atoms with van der Waals surface area (Å²) in [6.45, 7) is 6.84. The van der Waals surface area contributed by atoms with Crippen LogP contribution in [0.2, 0.25) is 0 Å². The summed E-state index contributed by atoms with van der Waals surface area (Å²) in [6.07, 6.45) is 0. The van der Waals surface area contributed by atoms with E-state index in [9.17, 15) is 9.59 Å². The quantitative estimate of drug-likeness (QED) is 0.560. The highest BCUT2D eigenvalue weighted by atomic mass is 35.5. The lowest BCUT2D eigenvalue weighted by molar-refractivity contribution is -0.141. The van der Waals surface area contributed by atoms with E-state index < -0.39 is 10.7 Å². The second kappa shape index (κ2) is 10.5. The third kappa shape index (κ3) is 6.88. The SMILES string of the molecule is Cc1ccc(CN(Cc2ccccc2)C(=O)CN(CC(C)C)C(=O)C(Cl)Cl)o1. The predicted octanol–water partition coefficient (Wildman–Crippen LogP) is 4.41. The monoisotopic (exact) mass is 424 g/mol. The molecule has 0 radical (unpaired) electrons. The van der Waals surface area contributed by atoms with Gasteiger partial charge in [-0.1, -0.05) is 67.4 Å². The van der Waals surface area contributed by atoms with E-state index in [0.717, 1.165) is 11.3 Å². The van der Waals surface area contributed by atoms with E-state index in [1.807, 2.05) is 63.2 Å². The molecule has 5 nitrogen and oxygen atoms in total. The molecule has 0 spiro atoms. The molecule has 0 fully saturated rings. The van der Waals surface area contributed by atoms with E-state index in [4.69, 9.17) is 27.6 Å². The Labute approximate surface area is 176 Å². The third-order valence-electron chi connectivity index (χ3n) is 4.12. The van der Waals surface area contributed by atoms with Gasteiger partial charge in [-0.3, -0.25) is 9.59 Å². The Balaban J connectivity index is 2.19. The van der Waals surface area contributed by atoms with Gasteiger partial charge in [-0.05, 0) is 30.5 Å². The first-order valence-corrected chi connectivity index (χ1v) is 10.1. The van der Waals surface area contributed by atoms with Gasteiger partial charge in [-0.25, -0.2) is 0 Å². The summed E-state index contributed by atoms with van der Waals surface area (Å²) in [5.41, 5.74) is 0.994. The van der Waals surface area contributed by atoms with Gasteiger partial charge in [0.1, 0.15) is 11.5 Å². The zero-order chi connectivity index (χ0) is 20.7. The maximum Gasteiger partial charge on any atom is 0.256 e. The van der Waals surface area contributed by atoms with Crippen molar-refractivity contribution in [1.82, 2.24) is 9.80 Å². The molecule has 0 N–H and O–H groups in total. The molecule has 0 unspecified atom stereocenters. The fraction of sp³-hybridized carbons (Fsp3) is 0.429. The maximum atomic E-state index is 13.1. The Morgan fingerprint density at radius 2 is 1.68 bits per heavy atom. The van der Waals surface area contributed by atoms with Crippen LogP contribution in [0.4, 0.5) is 0 Å². The van der Waals surface area contributed by atoms with Gasteiger partial charge in [0.05, 0.1) is 13.1 Å². The number of halogens is 2. The third-order valence-corrected chi connectivity index (χ3v) is 4.50. The summed E-state index contributed by atoms with van der Waals surface area (Å²) >= 11 is 11.5. The van der Waals surface area contributed by atoms with Crippen molar-refractivity contribution in [3.05, 3.63) is 59.5 Å². The van der Waals surface area contributed by atoms with Gasteiger partial charge in [0.2, 0.25) is 5.91 Å². The summed E-state index contributed by atoms with van der Waals surface area (Å²) in [6, 6.07) is 13.4. The first-order valence-electron chi connectivity index (χ1n) is 9.20. The van der Waals surface area contributed by atoms with Crippen molar-refractivity contribution in [2.45, 2.75) is 38.7 Å². The summed E-state index contributed by atoms with van der Waals surface area (Å²) in [5, 5.41) is 0. The van der Waals surface area contributed by atoms with Crippen molar-refractivity contribution in [2.24, 2.45) is 5.92 Å². The first-order chi connectivity index (χ1) is 13.3. The minimum Gasteiger partial charge on any atom is -0.464 e. The summed E-state index contributed by atoms with van der Waals surface area (Å²) in [4.78, 5) is 27.3. The highest BCUT2D eigenvalue weighted by molar-refractivity contribution is 6.53. The van der Waals surface area contributed by atoms with Crippen molar-refractivity contribution in [3.8, 4) is 0 Å². The molecule has 0 aliphatic heterocycles. The minimum atomic E-state index is -1.19. The van der Waals surface area contributed by atoms with Gasteiger partial charge in [0.25, 0.3) is 5.91 Å². The number of carbonyl (C=O) groups excluding carboxylic acids is 2. The minimum absolute atomic E-state index is 0.0839. The highest BCUT2D eigenvalue weighted by Crippen LogP contribution is 2.15. The molecule has 2 amide bonds. The van der Waals surface area contributed by atoms with Crippen LogP contribution in [0.25, 0.3) is 0 Å². The number of alkyl halides is 2. The van der Waals surface area contributed by atoms with Crippen LogP contribution in [0.1, 0.15) is 30.9 Å². The maximum absolute atomic E-state index is 13.1. The van der Waals surface area contributed by atoms with Crippen LogP contribution in [0.5, 0.6) is 0 Å². The van der Waals surface area contributed by atoms with Gasteiger partial charge in [-0.2, -0.15) is 0 Å². The summed E-state index contributed by atoms with van der Waals surface area (Å²) < 4.78 is 5.64. The van der Waals surface area contributed by atoms with Gasteiger partial charge in [0, 0.05) is 13.1 Å². The van der Waals surface area contributed by atoms with E-state index in [1.54, 1.807) is 4.90 Å². The van der Waals surface area contributed by atoms with Crippen LogP contribution in [0.3, 0.4) is 0 Å². The smallest absolute Gasteiger partial charge is 0.256 e. The van der Waals surface area contributed by atoms with E-state index in [0.29, 0.717) is 25.4 Å². The van der Waals surface area contributed by atoms with Crippen LogP contribution in [-0.2, 0) is 22.7 Å². The van der Waals surface area contributed by atoms with E-state index in [1.165, 1.54) is 4.90 Å². The predicted molar refractivity (Wildman–Crippen MR) is 111 cm³/mol. The Morgan fingerprint density at radius 3 is 2.21 bits per heavy atom. The lowest BCUT2D eigenvalue weighted by atomic mass is 10.2. The number of rotatable bonds is 9. The molecule has 0 aliphatic carbocycles. The zero-order valence-electron chi connectivity index (χ0n) is 16.4. The Kier molecular flexibility index (Phi) is 8.39. The fourth-order valence-electron chi connectivity index (χ4n) is 2.87. The number of carbonyl (C=O) groups is 2. The number of hydrogen-bond acceptors (Lipinski definition) is 3. The average Bonchev–Trinajstić information content (AvgIpc) is 3.05. The molecule has 1 aromatic heterocycles. The van der Waals surface area contributed by atoms with Crippen molar-refractivity contribution < 1.29 is 14.0 Å². The van der Waals surface area contributed by atoms with Gasteiger partial charge in [-0.15, -0.1) is 0 Å². The summed E-state index contributed by atoms with van der Waals surface area (Å²) in [7, 11) is 0. The molecule has 0 atom stereocenters. The fourth-order valence-corrected chi connectivity index (χ4v) is 3.14. The highest BCUT2D eigenvalue weighted by Gasteiger charge is 2.26. The molecule has 0 saturated carbocycles. The molecule has 0 aliphatic rings. The molecular formula is C21H26Cl2N2O3. The molecule has 2 aromatic rings. The normalized spacial score (nSPS) is 11.1. The largest absolute Gasteiger partial charge is 0.464 e. The van der Waals surface area contributed by atoms with Crippen molar-refractivity contribution in [2.75, 3.05) is 13.1 Å². The molecule has 28 heavy (non-hydrogen) atoms. The van der Waals surface area contributed by atoms with Gasteiger partial charge < -0.3 is 14.2 Å². The van der Waals surface area contributed by atoms with E-state index in [2.05, 4.69) is 0 Å². The van der Waals surface area contributed by atoms with Gasteiger partial charge in [0.15, 0.2) is 4.84 Å². The van der Waals surface area contributed by atoms with Crippen LogP contribution in [0, 0.1) is 12.8 Å². The van der Waals surface area contributed by atoms with Crippen molar-refractivity contribution in [3.63, 3.8) is 0 Å². The lowest BCUT2D eigenvalue weighted by Gasteiger charge is -2.28. The second-order valence-corrected chi connectivity index (χ2v) is 8.26. The number of aryl methyl sites for hydroxylation is 1. The molecular weight excluding hydrogens is 399 g/mol. The zero-order valence-corrected chi connectivity index (χ0v) is 17.9. The number of hydrogen-bond donors (Lipinski definition) is 0. The second-order valence-electron chi connectivity index (χ2n) is 7.16. The lowest BCUT2D eigenvalue weighted by Crippen LogP contribution is -2.45. The Bertz CT molecular complexity index is 775. The summed E-state index contributed by atoms with van der Waals surface area (Å²) in [5.74, 6) is 1.00. The Morgan fingerprint density at radius 1 is 1.00 bits per heavy atom. The molecule has 0 saturated heterocycles. The Hall–Kier alpha value is -1.98. The van der Waals surface area contributed by atoms with Crippen LogP contribution >= 0.6 is 23.2 Å². The van der Waals surface area contributed by atoms with Crippen LogP contribution in [0.15, 0.2) is 46.9 Å². The molecule has 152 valence electrons. The van der Waals surface area contributed by atoms with Crippen molar-refractivity contribution in [1.29, 1.82) is 0 Å². The number of amides is 2. The number of nitrogens with zero attached hydrogens (tertiary/aromatic N) is 2. The standard InChI is InChI=1S/C21H26Cl2N2O3/c1-15(2)11-25(21(27)20(22)23)14-19(26)24(12-17-7-5-4-6-8-17)13-18-10-9-16(3)28-18/h4-10,15,20H,11-14H2,1-3H3. The number of furan rings is 1. The molecule has 2 rings (SSSR count). The molecule has 7 heteroatoms. The molecule has 0 bridgehead atoms. The first kappa shape index (κ1) is 22.3. The molecule has 1 aromatic carbocycles. The van der Waals surface area contributed by atoms with Gasteiger partial charge >= 0.3 is 0 Å². The van der Waals surface area contributed by atoms with Crippen LogP contribution in [-0.4, -0.2) is 39.5 Å². The number of benzene rings is 1. The van der Waals surface area contributed by atoms with Crippen LogP contribution < -0.4 is 0 Å². The topological polar surface area (TPSA) is 53.8 Å².